The first kappa shape index (κ1) is 16.6. The van der Waals surface area contributed by atoms with E-state index in [0.29, 0.717) is 18.2 Å². The van der Waals surface area contributed by atoms with Crippen LogP contribution in [0.2, 0.25) is 0 Å². The van der Waals surface area contributed by atoms with Crippen LogP contribution in [0.15, 0.2) is 54.9 Å². The van der Waals surface area contributed by atoms with Gasteiger partial charge in [-0.2, -0.15) is 0 Å². The third-order valence-electron chi connectivity index (χ3n) is 4.18. The number of carboxylic acids is 1. The van der Waals surface area contributed by atoms with Gasteiger partial charge in [0, 0.05) is 24.9 Å². The van der Waals surface area contributed by atoms with Crippen LogP contribution < -0.4 is 0 Å². The molecular weight excluding hydrogens is 320 g/mol. The van der Waals surface area contributed by atoms with Crippen molar-refractivity contribution in [2.75, 3.05) is 0 Å². The lowest BCUT2D eigenvalue weighted by atomic mass is 9.95. The Hall–Kier alpha value is -3.28. The maximum atomic E-state index is 11.2. The van der Waals surface area contributed by atoms with E-state index in [1.165, 1.54) is 6.07 Å². The lowest BCUT2D eigenvalue weighted by Gasteiger charge is -2.11. The van der Waals surface area contributed by atoms with Gasteiger partial charge in [-0.3, -0.25) is 19.9 Å². The van der Waals surface area contributed by atoms with E-state index >= 15 is 0 Å². The summed E-state index contributed by atoms with van der Waals surface area (Å²) in [6, 6.07) is 12.3. The Bertz CT molecular complexity index is 953. The molecule has 6 nitrogen and oxygen atoms in total. The third kappa shape index (κ3) is 3.63. The van der Waals surface area contributed by atoms with Crippen molar-refractivity contribution in [1.29, 1.82) is 0 Å². The van der Waals surface area contributed by atoms with Crippen molar-refractivity contribution in [3.05, 3.63) is 81.7 Å². The average molecular weight is 336 g/mol. The molecule has 0 radical (unpaired) electrons. The largest absolute Gasteiger partial charge is 0.481 e. The molecule has 0 aliphatic heterocycles. The highest BCUT2D eigenvalue weighted by molar-refractivity contribution is 5.93. The predicted octanol–water partition coefficient (Wildman–Crippen LogP) is 3.75. The summed E-state index contributed by atoms with van der Waals surface area (Å²) in [4.78, 5) is 25.8. The van der Waals surface area contributed by atoms with Crippen LogP contribution in [0.1, 0.15) is 23.1 Å². The average Bonchev–Trinajstić information content (AvgIpc) is 2.61. The maximum Gasteiger partial charge on any atom is 0.303 e. The van der Waals surface area contributed by atoms with Gasteiger partial charge in [-0.1, -0.05) is 24.3 Å². The van der Waals surface area contributed by atoms with E-state index in [9.17, 15) is 14.9 Å². The minimum absolute atomic E-state index is 0.0536. The molecule has 0 fully saturated rings. The smallest absolute Gasteiger partial charge is 0.303 e. The van der Waals surface area contributed by atoms with E-state index < -0.39 is 5.97 Å². The second-order valence-electron chi connectivity index (χ2n) is 5.76. The molecule has 1 aromatic heterocycles. The molecule has 0 saturated heterocycles. The summed E-state index contributed by atoms with van der Waals surface area (Å²) in [5, 5.41) is 21.5. The summed E-state index contributed by atoms with van der Waals surface area (Å²) in [6.45, 7) is 0. The fourth-order valence-corrected chi connectivity index (χ4v) is 2.96. The Morgan fingerprint density at radius 3 is 2.52 bits per heavy atom. The first-order valence-corrected chi connectivity index (χ1v) is 7.85. The maximum absolute atomic E-state index is 11.2. The SMILES string of the molecule is O=C(O)CCc1ccncc1Cc1ccc([N+](=O)[O-])c2ccccc12. The number of nitrogens with zero attached hydrogens (tertiary/aromatic N) is 2. The van der Waals surface area contributed by atoms with Crippen molar-refractivity contribution >= 4 is 22.4 Å². The molecule has 0 aliphatic rings. The van der Waals surface area contributed by atoms with Gasteiger partial charge in [-0.15, -0.1) is 0 Å². The third-order valence-corrected chi connectivity index (χ3v) is 4.18. The molecule has 2 aromatic carbocycles. The van der Waals surface area contributed by atoms with Crippen LogP contribution >= 0.6 is 0 Å². The zero-order chi connectivity index (χ0) is 17.8. The van der Waals surface area contributed by atoms with Crippen molar-refractivity contribution < 1.29 is 14.8 Å². The number of nitro benzene ring substituents is 1. The van der Waals surface area contributed by atoms with Gasteiger partial charge >= 0.3 is 5.97 Å². The van der Waals surface area contributed by atoms with Crippen molar-refractivity contribution in [3.63, 3.8) is 0 Å². The second kappa shape index (κ2) is 7.09. The zero-order valence-corrected chi connectivity index (χ0v) is 13.4. The first-order valence-electron chi connectivity index (χ1n) is 7.85. The molecule has 126 valence electrons. The second-order valence-corrected chi connectivity index (χ2v) is 5.76. The molecule has 6 heteroatoms. The summed E-state index contributed by atoms with van der Waals surface area (Å²) in [6.07, 6.45) is 4.40. The number of nitro groups is 1. The summed E-state index contributed by atoms with van der Waals surface area (Å²) >= 11 is 0. The number of aromatic nitrogens is 1. The summed E-state index contributed by atoms with van der Waals surface area (Å²) < 4.78 is 0. The fraction of sp³-hybridized carbons (Fsp3) is 0.158. The lowest BCUT2D eigenvalue weighted by Crippen LogP contribution is -2.02. The van der Waals surface area contributed by atoms with E-state index in [-0.39, 0.29) is 17.0 Å². The van der Waals surface area contributed by atoms with Crippen molar-refractivity contribution in [2.24, 2.45) is 0 Å². The first-order chi connectivity index (χ1) is 12.1. The summed E-state index contributed by atoms with van der Waals surface area (Å²) in [5.74, 6) is -0.844. The highest BCUT2D eigenvalue weighted by Crippen LogP contribution is 2.30. The summed E-state index contributed by atoms with van der Waals surface area (Å²) in [7, 11) is 0. The molecule has 3 aromatic rings. The number of carbonyl (C=O) groups is 1. The molecule has 3 rings (SSSR count). The molecule has 0 bridgehead atoms. The van der Waals surface area contributed by atoms with Crippen molar-refractivity contribution in [2.45, 2.75) is 19.3 Å². The summed E-state index contributed by atoms with van der Waals surface area (Å²) in [5.41, 5.74) is 2.89. The molecule has 1 heterocycles. The Kier molecular flexibility index (Phi) is 4.70. The molecule has 0 spiro atoms. The number of non-ortho nitro benzene ring substituents is 1. The Labute approximate surface area is 143 Å². The van der Waals surface area contributed by atoms with E-state index in [2.05, 4.69) is 4.98 Å². The van der Waals surface area contributed by atoms with Crippen molar-refractivity contribution in [1.82, 2.24) is 4.98 Å². The number of hydrogen-bond donors (Lipinski definition) is 1. The Balaban J connectivity index is 2.01. The van der Waals surface area contributed by atoms with Crippen LogP contribution in [0.5, 0.6) is 0 Å². The molecule has 0 atom stereocenters. The molecule has 1 N–H and O–H groups in total. The molecule has 0 aliphatic carbocycles. The normalized spacial score (nSPS) is 10.7. The fourth-order valence-electron chi connectivity index (χ4n) is 2.96. The predicted molar refractivity (Wildman–Crippen MR) is 93.6 cm³/mol. The Morgan fingerprint density at radius 1 is 1.04 bits per heavy atom. The lowest BCUT2D eigenvalue weighted by molar-refractivity contribution is -0.383. The Morgan fingerprint density at radius 2 is 1.80 bits per heavy atom. The van der Waals surface area contributed by atoms with Crippen LogP contribution in [0, 0.1) is 10.1 Å². The van der Waals surface area contributed by atoms with Crippen molar-refractivity contribution in [3.8, 4) is 0 Å². The number of fused-ring (bicyclic) bond motifs is 1. The number of carboxylic acid groups (broad SMARTS) is 1. The number of pyridine rings is 1. The van der Waals surface area contributed by atoms with E-state index in [0.717, 1.165) is 22.1 Å². The molecule has 0 saturated carbocycles. The minimum Gasteiger partial charge on any atom is -0.481 e. The quantitative estimate of drug-likeness (QED) is 0.546. The molecule has 0 unspecified atom stereocenters. The monoisotopic (exact) mass is 336 g/mol. The molecule has 0 amide bonds. The highest BCUT2D eigenvalue weighted by Gasteiger charge is 2.15. The number of aryl methyl sites for hydroxylation is 1. The van der Waals surface area contributed by atoms with E-state index in [1.54, 1.807) is 30.6 Å². The zero-order valence-electron chi connectivity index (χ0n) is 13.4. The van der Waals surface area contributed by atoms with Gasteiger partial charge in [0.05, 0.1) is 10.3 Å². The van der Waals surface area contributed by atoms with Crippen LogP contribution in [0.4, 0.5) is 5.69 Å². The van der Waals surface area contributed by atoms with Gasteiger partial charge in [0.2, 0.25) is 0 Å². The van der Waals surface area contributed by atoms with Gasteiger partial charge in [-0.05, 0) is 47.1 Å². The minimum atomic E-state index is -0.844. The van der Waals surface area contributed by atoms with Gasteiger partial charge < -0.3 is 5.11 Å². The van der Waals surface area contributed by atoms with Crippen LogP contribution in [0.3, 0.4) is 0 Å². The van der Waals surface area contributed by atoms with E-state index in [1.807, 2.05) is 18.2 Å². The highest BCUT2D eigenvalue weighted by atomic mass is 16.6. The number of rotatable bonds is 6. The molecular formula is C19H16N2O4. The van der Waals surface area contributed by atoms with Gasteiger partial charge in [0.25, 0.3) is 5.69 Å². The topological polar surface area (TPSA) is 93.3 Å². The standard InChI is InChI=1S/C19H16N2O4/c22-19(23)8-6-13-9-10-20-12-15(13)11-14-5-7-18(21(24)25)17-4-2-1-3-16(14)17/h1-5,7,9-10,12H,6,8,11H2,(H,22,23). The van der Waals surface area contributed by atoms with Gasteiger partial charge in [-0.25, -0.2) is 0 Å². The number of benzene rings is 2. The van der Waals surface area contributed by atoms with Crippen LogP contribution in [-0.4, -0.2) is 21.0 Å². The van der Waals surface area contributed by atoms with E-state index in [4.69, 9.17) is 5.11 Å². The number of hydrogen-bond acceptors (Lipinski definition) is 4. The number of aliphatic carboxylic acids is 1. The van der Waals surface area contributed by atoms with Crippen LogP contribution in [-0.2, 0) is 17.6 Å². The molecule has 25 heavy (non-hydrogen) atoms. The van der Waals surface area contributed by atoms with Gasteiger partial charge in [0.15, 0.2) is 0 Å². The van der Waals surface area contributed by atoms with Gasteiger partial charge in [0.1, 0.15) is 0 Å². The van der Waals surface area contributed by atoms with Crippen LogP contribution in [0.25, 0.3) is 10.8 Å².